The Morgan fingerprint density at radius 2 is 1.90 bits per heavy atom. The third-order valence-electron chi connectivity index (χ3n) is 2.41. The predicted molar refractivity (Wildman–Crippen MR) is 75.7 cm³/mol. The van der Waals surface area contributed by atoms with E-state index < -0.39 is 23.5 Å². The van der Waals surface area contributed by atoms with Crippen LogP contribution in [0.1, 0.15) is 45.2 Å². The Kier molecular flexibility index (Phi) is 5.22. The number of amides is 1. The van der Waals surface area contributed by atoms with Crippen LogP contribution in [0.15, 0.2) is 16.5 Å². The lowest BCUT2D eigenvalue weighted by Crippen LogP contribution is -2.47. The van der Waals surface area contributed by atoms with E-state index in [4.69, 9.17) is 20.8 Å². The molecule has 0 aliphatic rings. The van der Waals surface area contributed by atoms with Gasteiger partial charge < -0.3 is 14.5 Å². The van der Waals surface area contributed by atoms with Crippen molar-refractivity contribution in [1.29, 1.82) is 0 Å². The largest absolute Gasteiger partial charge is 0.458 e. The summed E-state index contributed by atoms with van der Waals surface area (Å²) in [4.78, 5) is 24.1. The van der Waals surface area contributed by atoms with Crippen LogP contribution in [0.3, 0.4) is 0 Å². The summed E-state index contributed by atoms with van der Waals surface area (Å²) in [6, 6.07) is 2.17. The maximum atomic E-state index is 12.1. The Morgan fingerprint density at radius 3 is 2.30 bits per heavy atom. The third kappa shape index (κ3) is 4.89. The molecule has 0 bridgehead atoms. The molecular formula is C14H20ClNO4. The standard InChI is InChI=1S/C14H20ClNO4/c1-8(2)11(13(18)20-14(3,4)5)16-12(17)9-6-7-10(15)19-9/h6-8,11H,1-5H3,(H,16,17)/t11-/m1/s1. The maximum Gasteiger partial charge on any atom is 0.329 e. The number of hydrogen-bond acceptors (Lipinski definition) is 4. The van der Waals surface area contributed by atoms with Gasteiger partial charge in [0.1, 0.15) is 11.6 Å². The molecule has 1 heterocycles. The molecular weight excluding hydrogens is 282 g/mol. The van der Waals surface area contributed by atoms with Gasteiger partial charge in [0.05, 0.1) is 0 Å². The molecule has 1 aromatic heterocycles. The first-order valence-corrected chi connectivity index (χ1v) is 6.77. The number of ether oxygens (including phenoxy) is 1. The summed E-state index contributed by atoms with van der Waals surface area (Å²) in [5, 5.41) is 2.72. The molecule has 0 saturated heterocycles. The number of furan rings is 1. The Labute approximate surface area is 123 Å². The molecule has 0 fully saturated rings. The molecule has 1 atom stereocenters. The van der Waals surface area contributed by atoms with Crippen molar-refractivity contribution in [3.05, 3.63) is 23.1 Å². The molecule has 0 unspecified atom stereocenters. The van der Waals surface area contributed by atoms with Gasteiger partial charge in [0.15, 0.2) is 11.0 Å². The second kappa shape index (κ2) is 6.31. The fourth-order valence-corrected chi connectivity index (χ4v) is 1.66. The molecule has 0 aliphatic carbocycles. The van der Waals surface area contributed by atoms with Crippen LogP contribution in [0.25, 0.3) is 0 Å². The van der Waals surface area contributed by atoms with Gasteiger partial charge >= 0.3 is 5.97 Å². The maximum absolute atomic E-state index is 12.1. The van der Waals surface area contributed by atoms with Crippen molar-refractivity contribution in [2.75, 3.05) is 0 Å². The van der Waals surface area contributed by atoms with Gasteiger partial charge in [-0.15, -0.1) is 0 Å². The summed E-state index contributed by atoms with van der Waals surface area (Å²) in [5.41, 5.74) is -0.608. The quantitative estimate of drug-likeness (QED) is 0.868. The van der Waals surface area contributed by atoms with Gasteiger partial charge in [-0.1, -0.05) is 13.8 Å². The van der Waals surface area contributed by atoms with E-state index in [0.29, 0.717) is 0 Å². The lowest BCUT2D eigenvalue weighted by Gasteiger charge is -2.26. The summed E-state index contributed by atoms with van der Waals surface area (Å²) in [6.07, 6.45) is 0. The summed E-state index contributed by atoms with van der Waals surface area (Å²) >= 11 is 5.61. The van der Waals surface area contributed by atoms with E-state index in [9.17, 15) is 9.59 Å². The molecule has 0 aromatic carbocycles. The first kappa shape index (κ1) is 16.6. The third-order valence-corrected chi connectivity index (χ3v) is 2.61. The molecule has 0 spiro atoms. The van der Waals surface area contributed by atoms with Gasteiger partial charge in [-0.2, -0.15) is 0 Å². The minimum atomic E-state index is -0.745. The molecule has 0 radical (unpaired) electrons. The molecule has 1 aromatic rings. The van der Waals surface area contributed by atoms with Crippen LogP contribution in [-0.4, -0.2) is 23.5 Å². The number of hydrogen-bond donors (Lipinski definition) is 1. The fourth-order valence-electron chi connectivity index (χ4n) is 1.51. The summed E-state index contributed by atoms with van der Waals surface area (Å²) in [5.74, 6) is -1.02. The van der Waals surface area contributed by atoms with Crippen molar-refractivity contribution in [1.82, 2.24) is 5.32 Å². The van der Waals surface area contributed by atoms with E-state index in [1.807, 2.05) is 13.8 Å². The average Bonchev–Trinajstić information content (AvgIpc) is 2.69. The van der Waals surface area contributed by atoms with Crippen molar-refractivity contribution in [3.63, 3.8) is 0 Å². The average molecular weight is 302 g/mol. The molecule has 0 saturated carbocycles. The zero-order chi connectivity index (χ0) is 15.5. The fraction of sp³-hybridized carbons (Fsp3) is 0.571. The van der Waals surface area contributed by atoms with Gasteiger partial charge in [-0.3, -0.25) is 4.79 Å². The van der Waals surface area contributed by atoms with Crippen LogP contribution in [0.5, 0.6) is 0 Å². The number of nitrogens with one attached hydrogen (secondary N) is 1. The predicted octanol–water partition coefficient (Wildman–Crippen LogP) is 3.03. The first-order valence-electron chi connectivity index (χ1n) is 6.39. The van der Waals surface area contributed by atoms with Crippen LogP contribution in [0, 0.1) is 5.92 Å². The molecule has 1 amide bonds. The van der Waals surface area contributed by atoms with Gasteiger partial charge in [0.25, 0.3) is 5.91 Å². The van der Waals surface area contributed by atoms with Crippen LogP contribution in [-0.2, 0) is 9.53 Å². The second-order valence-electron chi connectivity index (χ2n) is 5.83. The van der Waals surface area contributed by atoms with E-state index in [1.165, 1.54) is 12.1 Å². The highest BCUT2D eigenvalue weighted by atomic mass is 35.5. The normalized spacial score (nSPS) is 13.2. The van der Waals surface area contributed by atoms with Gasteiger partial charge in [-0.25, -0.2) is 4.79 Å². The van der Waals surface area contributed by atoms with Gasteiger partial charge in [0, 0.05) is 0 Å². The Morgan fingerprint density at radius 1 is 1.30 bits per heavy atom. The highest BCUT2D eigenvalue weighted by Crippen LogP contribution is 2.15. The van der Waals surface area contributed by atoms with Crippen LogP contribution < -0.4 is 5.32 Å². The van der Waals surface area contributed by atoms with E-state index in [2.05, 4.69) is 5.32 Å². The van der Waals surface area contributed by atoms with Gasteiger partial charge in [-0.05, 0) is 50.4 Å². The van der Waals surface area contributed by atoms with Gasteiger partial charge in [0.2, 0.25) is 0 Å². The Balaban J connectivity index is 2.77. The smallest absolute Gasteiger partial charge is 0.329 e. The summed E-state index contributed by atoms with van der Waals surface area (Å²) in [6.45, 7) is 8.97. The van der Waals surface area contributed by atoms with E-state index in [1.54, 1.807) is 20.8 Å². The lowest BCUT2D eigenvalue weighted by molar-refractivity contribution is -0.158. The molecule has 1 rings (SSSR count). The van der Waals surface area contributed by atoms with Crippen molar-refractivity contribution in [2.45, 2.75) is 46.3 Å². The first-order chi connectivity index (χ1) is 9.10. The number of rotatable bonds is 4. The Hall–Kier alpha value is -1.49. The van der Waals surface area contributed by atoms with Crippen molar-refractivity contribution in [2.24, 2.45) is 5.92 Å². The highest BCUT2D eigenvalue weighted by Gasteiger charge is 2.30. The highest BCUT2D eigenvalue weighted by molar-refractivity contribution is 6.29. The van der Waals surface area contributed by atoms with Crippen molar-refractivity contribution < 1.29 is 18.7 Å². The molecule has 6 heteroatoms. The van der Waals surface area contributed by atoms with Crippen LogP contribution in [0.2, 0.25) is 5.22 Å². The molecule has 20 heavy (non-hydrogen) atoms. The minimum Gasteiger partial charge on any atom is -0.458 e. The number of carbonyl (C=O) groups is 2. The Bertz CT molecular complexity index is 488. The van der Waals surface area contributed by atoms with Crippen molar-refractivity contribution >= 4 is 23.5 Å². The minimum absolute atomic E-state index is 0.0595. The SMILES string of the molecule is CC(C)[C@@H](NC(=O)c1ccc(Cl)o1)C(=O)OC(C)(C)C. The van der Waals surface area contributed by atoms with E-state index in [0.717, 1.165) is 0 Å². The molecule has 1 N–H and O–H groups in total. The summed E-state index contributed by atoms with van der Waals surface area (Å²) < 4.78 is 10.3. The number of carbonyl (C=O) groups excluding carboxylic acids is 2. The van der Waals surface area contributed by atoms with Crippen LogP contribution in [0.4, 0.5) is 0 Å². The van der Waals surface area contributed by atoms with E-state index >= 15 is 0 Å². The zero-order valence-electron chi connectivity index (χ0n) is 12.3. The molecule has 0 aliphatic heterocycles. The molecule has 5 nitrogen and oxygen atoms in total. The van der Waals surface area contributed by atoms with E-state index in [-0.39, 0.29) is 16.9 Å². The number of halogens is 1. The van der Waals surface area contributed by atoms with Crippen molar-refractivity contribution in [3.8, 4) is 0 Å². The zero-order valence-corrected chi connectivity index (χ0v) is 13.1. The topological polar surface area (TPSA) is 68.5 Å². The number of esters is 1. The second-order valence-corrected chi connectivity index (χ2v) is 6.20. The molecule has 112 valence electrons. The lowest BCUT2D eigenvalue weighted by atomic mass is 10.0. The monoisotopic (exact) mass is 301 g/mol. The van der Waals surface area contributed by atoms with Crippen LogP contribution >= 0.6 is 11.6 Å². The summed E-state index contributed by atoms with van der Waals surface area (Å²) in [7, 11) is 0.